The van der Waals surface area contributed by atoms with Crippen molar-refractivity contribution in [3.05, 3.63) is 12.2 Å². The summed E-state index contributed by atoms with van der Waals surface area (Å²) in [7, 11) is 0. The molecule has 0 aliphatic heterocycles. The first-order valence-electron chi connectivity index (χ1n) is 7.55. The zero-order chi connectivity index (χ0) is 14.1. The van der Waals surface area contributed by atoms with Crippen LogP contribution in [0.4, 0.5) is 0 Å². The van der Waals surface area contributed by atoms with Crippen molar-refractivity contribution < 1.29 is 9.53 Å². The van der Waals surface area contributed by atoms with Gasteiger partial charge in [0, 0.05) is 5.57 Å². The maximum absolute atomic E-state index is 12.0. The molecule has 0 spiro atoms. The minimum atomic E-state index is -0.254. The zero-order valence-electron chi connectivity index (χ0n) is 12.7. The number of rotatable bonds is 2. The van der Waals surface area contributed by atoms with Crippen LogP contribution in [0.5, 0.6) is 0 Å². The predicted molar refractivity (Wildman–Crippen MR) is 75.6 cm³/mol. The van der Waals surface area contributed by atoms with Gasteiger partial charge in [-0.3, -0.25) is 0 Å². The number of esters is 1. The Labute approximate surface area is 116 Å². The Bertz CT molecular complexity index is 412. The molecule has 4 aliphatic rings. The number of ether oxygens (including phenoxy) is 1. The quantitative estimate of drug-likeness (QED) is 0.553. The van der Waals surface area contributed by atoms with Gasteiger partial charge in [-0.15, -0.1) is 0 Å². The maximum atomic E-state index is 12.0. The first-order valence-corrected chi connectivity index (χ1v) is 7.55. The minimum Gasteiger partial charge on any atom is -0.455 e. The van der Waals surface area contributed by atoms with Crippen LogP contribution in [-0.2, 0) is 9.53 Å². The highest BCUT2D eigenvalue weighted by Crippen LogP contribution is 2.68. The van der Waals surface area contributed by atoms with Crippen molar-refractivity contribution in [1.29, 1.82) is 0 Å². The average Bonchev–Trinajstić information content (AvgIpc) is 2.22. The van der Waals surface area contributed by atoms with Crippen LogP contribution in [0.15, 0.2) is 12.2 Å². The van der Waals surface area contributed by atoms with Gasteiger partial charge in [0.25, 0.3) is 0 Å². The highest BCUT2D eigenvalue weighted by Gasteiger charge is 2.64. The van der Waals surface area contributed by atoms with Gasteiger partial charge in [0.2, 0.25) is 0 Å². The van der Waals surface area contributed by atoms with Gasteiger partial charge in [-0.2, -0.15) is 0 Å². The summed E-state index contributed by atoms with van der Waals surface area (Å²) in [5, 5.41) is 0. The maximum Gasteiger partial charge on any atom is 0.333 e. The standard InChI is InChI=1S/C17H26O2/c1-11(2)14(18)19-17(5)12-6-15(3)7-13(17)9-16(4,8-12)10-15/h12-13H,1,6-10H2,2-5H3. The molecule has 0 N–H and O–H groups in total. The molecule has 4 saturated carbocycles. The molecule has 0 aromatic rings. The summed E-state index contributed by atoms with van der Waals surface area (Å²) < 4.78 is 5.93. The van der Waals surface area contributed by atoms with E-state index in [-0.39, 0.29) is 11.6 Å². The van der Waals surface area contributed by atoms with E-state index in [1.165, 1.54) is 32.1 Å². The lowest BCUT2D eigenvalue weighted by Gasteiger charge is -2.66. The van der Waals surface area contributed by atoms with Gasteiger partial charge in [-0.25, -0.2) is 4.79 Å². The SMILES string of the molecule is C=C(C)C(=O)OC1(C)C2CC3(C)CC1CC(C)(C2)C3. The second-order valence-corrected chi connectivity index (χ2v) is 8.36. The average molecular weight is 262 g/mol. The van der Waals surface area contributed by atoms with Gasteiger partial charge in [0.15, 0.2) is 0 Å². The van der Waals surface area contributed by atoms with E-state index in [0.29, 0.717) is 28.2 Å². The first-order chi connectivity index (χ1) is 8.66. The Hall–Kier alpha value is -0.790. The summed E-state index contributed by atoms with van der Waals surface area (Å²) in [6.45, 7) is 12.5. The molecule has 0 unspecified atom stereocenters. The summed E-state index contributed by atoms with van der Waals surface area (Å²) in [5.74, 6) is 0.865. The first kappa shape index (κ1) is 13.2. The lowest BCUT2D eigenvalue weighted by Crippen LogP contribution is -2.63. The van der Waals surface area contributed by atoms with Gasteiger partial charge >= 0.3 is 5.97 Å². The van der Waals surface area contributed by atoms with Crippen LogP contribution >= 0.6 is 0 Å². The normalized spacial score (nSPS) is 51.2. The van der Waals surface area contributed by atoms with Crippen LogP contribution in [0, 0.1) is 22.7 Å². The van der Waals surface area contributed by atoms with E-state index in [9.17, 15) is 4.79 Å². The molecule has 106 valence electrons. The topological polar surface area (TPSA) is 26.3 Å². The monoisotopic (exact) mass is 262 g/mol. The number of carbonyl (C=O) groups is 1. The molecule has 0 atom stereocenters. The van der Waals surface area contributed by atoms with E-state index in [4.69, 9.17) is 4.74 Å². The van der Waals surface area contributed by atoms with Gasteiger partial charge in [-0.05, 0) is 68.6 Å². The molecule has 0 amide bonds. The largest absolute Gasteiger partial charge is 0.455 e. The minimum absolute atomic E-state index is 0.203. The van der Waals surface area contributed by atoms with Crippen molar-refractivity contribution in [2.24, 2.45) is 22.7 Å². The molecular weight excluding hydrogens is 236 g/mol. The van der Waals surface area contributed by atoms with Crippen LogP contribution in [0.1, 0.15) is 59.8 Å². The van der Waals surface area contributed by atoms with Gasteiger partial charge in [0.05, 0.1) is 0 Å². The van der Waals surface area contributed by atoms with Crippen LogP contribution in [-0.4, -0.2) is 11.6 Å². The second-order valence-electron chi connectivity index (χ2n) is 8.36. The Morgan fingerprint density at radius 3 is 1.84 bits per heavy atom. The molecule has 0 heterocycles. The van der Waals surface area contributed by atoms with Gasteiger partial charge < -0.3 is 4.74 Å². The van der Waals surface area contributed by atoms with E-state index < -0.39 is 0 Å². The Morgan fingerprint density at radius 2 is 1.47 bits per heavy atom. The molecule has 2 heteroatoms. The molecule has 4 rings (SSSR count). The van der Waals surface area contributed by atoms with Crippen molar-refractivity contribution in [3.63, 3.8) is 0 Å². The van der Waals surface area contributed by atoms with Crippen molar-refractivity contribution in [1.82, 2.24) is 0 Å². The second kappa shape index (κ2) is 3.65. The number of hydrogen-bond acceptors (Lipinski definition) is 2. The molecule has 0 radical (unpaired) electrons. The lowest BCUT2D eigenvalue weighted by molar-refractivity contribution is -0.230. The highest BCUT2D eigenvalue weighted by atomic mass is 16.6. The molecule has 2 nitrogen and oxygen atoms in total. The molecule has 0 aromatic carbocycles. The highest BCUT2D eigenvalue weighted by molar-refractivity contribution is 5.87. The lowest BCUT2D eigenvalue weighted by atomic mass is 9.41. The van der Waals surface area contributed by atoms with Crippen molar-refractivity contribution in [3.8, 4) is 0 Å². The van der Waals surface area contributed by atoms with Crippen molar-refractivity contribution in [2.45, 2.75) is 65.4 Å². The molecule has 4 bridgehead atoms. The third-order valence-electron chi connectivity index (χ3n) is 6.09. The summed E-state index contributed by atoms with van der Waals surface area (Å²) in [5.41, 5.74) is 1.23. The molecule has 4 fully saturated rings. The number of hydrogen-bond donors (Lipinski definition) is 0. The van der Waals surface area contributed by atoms with Gasteiger partial charge in [-0.1, -0.05) is 20.4 Å². The third-order valence-corrected chi connectivity index (χ3v) is 6.09. The van der Waals surface area contributed by atoms with Gasteiger partial charge in [0.1, 0.15) is 5.60 Å². The van der Waals surface area contributed by atoms with Crippen LogP contribution in [0.2, 0.25) is 0 Å². The fourth-order valence-electron chi connectivity index (χ4n) is 5.61. The fraction of sp³-hybridized carbons (Fsp3) is 0.824. The molecular formula is C17H26O2. The Balaban J connectivity index is 1.90. The molecule has 19 heavy (non-hydrogen) atoms. The smallest absolute Gasteiger partial charge is 0.333 e. The third kappa shape index (κ3) is 1.86. The predicted octanol–water partition coefficient (Wildman–Crippen LogP) is 4.10. The molecule has 0 saturated heterocycles. The van der Waals surface area contributed by atoms with Crippen LogP contribution < -0.4 is 0 Å². The van der Waals surface area contributed by atoms with E-state index >= 15 is 0 Å². The van der Waals surface area contributed by atoms with E-state index in [0.717, 1.165) is 0 Å². The van der Waals surface area contributed by atoms with E-state index in [1.54, 1.807) is 6.92 Å². The van der Waals surface area contributed by atoms with Crippen molar-refractivity contribution in [2.75, 3.05) is 0 Å². The van der Waals surface area contributed by atoms with E-state index in [1.807, 2.05) is 0 Å². The zero-order valence-corrected chi connectivity index (χ0v) is 12.7. The summed E-state index contributed by atoms with van der Waals surface area (Å²) in [4.78, 5) is 12.0. The summed E-state index contributed by atoms with van der Waals surface area (Å²) in [6, 6.07) is 0. The molecule has 0 aromatic heterocycles. The summed E-state index contributed by atoms with van der Waals surface area (Å²) >= 11 is 0. The van der Waals surface area contributed by atoms with Crippen LogP contribution in [0.25, 0.3) is 0 Å². The Morgan fingerprint density at radius 1 is 1.05 bits per heavy atom. The van der Waals surface area contributed by atoms with Crippen LogP contribution in [0.3, 0.4) is 0 Å². The van der Waals surface area contributed by atoms with E-state index in [2.05, 4.69) is 27.4 Å². The molecule has 4 aliphatic carbocycles. The van der Waals surface area contributed by atoms with Crippen molar-refractivity contribution >= 4 is 5.97 Å². The Kier molecular flexibility index (Phi) is 2.54. The number of carbonyl (C=O) groups excluding carboxylic acids is 1. The fourth-order valence-corrected chi connectivity index (χ4v) is 5.61. The summed E-state index contributed by atoms with van der Waals surface area (Å²) in [6.07, 6.45) is 6.24.